The van der Waals surface area contributed by atoms with E-state index in [4.69, 9.17) is 14.5 Å². The van der Waals surface area contributed by atoms with Crippen LogP contribution in [0.3, 0.4) is 0 Å². The third kappa shape index (κ3) is 4.45. The molecule has 2 rings (SSSR count). The van der Waals surface area contributed by atoms with Crippen molar-refractivity contribution in [3.8, 4) is 0 Å². The average Bonchev–Trinajstić information content (AvgIpc) is 2.72. The molecule has 1 saturated heterocycles. The Hall–Kier alpha value is -1.66. The molecule has 1 fully saturated rings. The molecule has 5 N–H and O–H groups in total. The summed E-state index contributed by atoms with van der Waals surface area (Å²) in [6.45, 7) is 0.546. The van der Waals surface area contributed by atoms with Crippen LogP contribution in [0, 0.1) is 0 Å². The molecule has 0 spiro atoms. The molecule has 0 saturated carbocycles. The van der Waals surface area contributed by atoms with Gasteiger partial charge in [-0.1, -0.05) is 0 Å². The lowest BCUT2D eigenvalue weighted by molar-refractivity contribution is -0.114. The first-order chi connectivity index (χ1) is 11.1. The number of nitrogens with zero attached hydrogens (tertiary/aromatic N) is 2. The number of aromatic nitrogens is 2. The zero-order chi connectivity index (χ0) is 18.1. The molecule has 0 aromatic carbocycles. The van der Waals surface area contributed by atoms with Crippen molar-refractivity contribution >= 4 is 19.5 Å². The van der Waals surface area contributed by atoms with Crippen molar-refractivity contribution in [1.29, 1.82) is 0 Å². The first-order valence-corrected chi connectivity index (χ1v) is 8.20. The molecule has 1 aromatic heterocycles. The Morgan fingerprint density at radius 3 is 2.67 bits per heavy atom. The van der Waals surface area contributed by atoms with E-state index >= 15 is 0 Å². The molecule has 4 atom stereocenters. The van der Waals surface area contributed by atoms with Crippen molar-refractivity contribution in [2.45, 2.75) is 31.5 Å². The van der Waals surface area contributed by atoms with Gasteiger partial charge in [-0.15, -0.1) is 0 Å². The second-order valence-corrected chi connectivity index (χ2v) is 6.26. The molecule has 24 heavy (non-hydrogen) atoms. The van der Waals surface area contributed by atoms with Crippen LogP contribution < -0.4 is 11.0 Å². The fraction of sp³-hybridized carbons (Fsp3) is 0.545. The number of nitrogens with one attached hydrogen (secondary N) is 1. The number of anilines is 1. The third-order valence-corrected chi connectivity index (χ3v) is 3.64. The fourth-order valence-corrected chi connectivity index (χ4v) is 2.46. The number of aliphatic hydroxyl groups excluding tert-OH is 2. The first kappa shape index (κ1) is 18.7. The standard InChI is InChI=1S/C11H16N3O9P/c1-5(15)12-7-2-3-14(11(18)13-7)10-9(17)8(16)6(23-10)4-22-24(19,20)21/h2-3,6,8-10,16-17H,4H2,1H3,(H2,19,20,21)(H,12,13,15,18)/t6-,8?,9?,10-/m1/s1. The molecule has 1 aliphatic heterocycles. The summed E-state index contributed by atoms with van der Waals surface area (Å²) in [5, 5.41) is 22.1. The van der Waals surface area contributed by atoms with Crippen molar-refractivity contribution in [3.63, 3.8) is 0 Å². The van der Waals surface area contributed by atoms with Crippen LogP contribution in [0.1, 0.15) is 13.2 Å². The third-order valence-electron chi connectivity index (χ3n) is 3.15. The van der Waals surface area contributed by atoms with Gasteiger partial charge >= 0.3 is 13.5 Å². The normalized spacial score (nSPS) is 27.2. The second-order valence-electron chi connectivity index (χ2n) is 5.02. The van der Waals surface area contributed by atoms with Gasteiger partial charge in [-0.25, -0.2) is 9.36 Å². The summed E-state index contributed by atoms with van der Waals surface area (Å²) in [4.78, 5) is 43.8. The Bertz CT molecular complexity index is 717. The molecule has 12 nitrogen and oxygen atoms in total. The van der Waals surface area contributed by atoms with Crippen LogP contribution in [0.4, 0.5) is 5.82 Å². The smallest absolute Gasteiger partial charge is 0.387 e. The summed E-state index contributed by atoms with van der Waals surface area (Å²) < 4.78 is 21.0. The molecule has 0 radical (unpaired) electrons. The maximum absolute atomic E-state index is 12.0. The number of ether oxygens (including phenoxy) is 1. The Kier molecular flexibility index (Phi) is 5.50. The van der Waals surface area contributed by atoms with Crippen LogP contribution in [0.5, 0.6) is 0 Å². The molecule has 0 bridgehead atoms. The van der Waals surface area contributed by atoms with E-state index in [9.17, 15) is 24.4 Å². The minimum Gasteiger partial charge on any atom is -0.387 e. The summed E-state index contributed by atoms with van der Waals surface area (Å²) in [6, 6.07) is 1.28. The molecule has 2 unspecified atom stereocenters. The minimum atomic E-state index is -4.78. The van der Waals surface area contributed by atoms with Crippen LogP contribution in [-0.4, -0.2) is 60.4 Å². The highest BCUT2D eigenvalue weighted by molar-refractivity contribution is 7.46. The molecule has 0 aliphatic carbocycles. The van der Waals surface area contributed by atoms with Crippen molar-refractivity contribution in [1.82, 2.24) is 9.55 Å². The molecule has 2 heterocycles. The highest BCUT2D eigenvalue weighted by atomic mass is 31.2. The number of amides is 1. The van der Waals surface area contributed by atoms with E-state index in [1.165, 1.54) is 19.2 Å². The number of phosphoric acid groups is 1. The van der Waals surface area contributed by atoms with Gasteiger partial charge in [0.2, 0.25) is 5.91 Å². The molecular weight excluding hydrogens is 349 g/mol. The predicted octanol–water partition coefficient (Wildman–Crippen LogP) is -2.07. The SMILES string of the molecule is CC(=O)Nc1ccn([C@@H]2O[C@H](COP(=O)(O)O)C(O)C2O)c(=O)n1. The lowest BCUT2D eigenvalue weighted by Gasteiger charge is -2.17. The van der Waals surface area contributed by atoms with Crippen molar-refractivity contribution < 1.29 is 38.6 Å². The summed E-state index contributed by atoms with van der Waals surface area (Å²) >= 11 is 0. The summed E-state index contributed by atoms with van der Waals surface area (Å²) in [7, 11) is -4.78. The number of carbonyl (C=O) groups is 1. The van der Waals surface area contributed by atoms with Crippen LogP contribution in [0.15, 0.2) is 17.1 Å². The van der Waals surface area contributed by atoms with Crippen LogP contribution >= 0.6 is 7.82 Å². The van der Waals surface area contributed by atoms with Gasteiger partial charge in [0.1, 0.15) is 24.1 Å². The number of aliphatic hydroxyl groups is 2. The molecule has 1 aliphatic rings. The first-order valence-electron chi connectivity index (χ1n) is 6.67. The van der Waals surface area contributed by atoms with E-state index < -0.39 is 50.6 Å². The molecule has 13 heteroatoms. The zero-order valence-electron chi connectivity index (χ0n) is 12.3. The maximum atomic E-state index is 12.0. The zero-order valence-corrected chi connectivity index (χ0v) is 13.2. The highest BCUT2D eigenvalue weighted by Crippen LogP contribution is 2.38. The van der Waals surface area contributed by atoms with Crippen LogP contribution in [0.2, 0.25) is 0 Å². The van der Waals surface area contributed by atoms with E-state index in [1.54, 1.807) is 0 Å². The predicted molar refractivity (Wildman–Crippen MR) is 76.7 cm³/mol. The van der Waals surface area contributed by atoms with Gasteiger partial charge < -0.3 is 30.1 Å². The number of phosphoric ester groups is 1. The van der Waals surface area contributed by atoms with Gasteiger partial charge in [0.25, 0.3) is 0 Å². The summed E-state index contributed by atoms with van der Waals surface area (Å²) in [5.74, 6) is -0.431. The Labute approximate surface area is 134 Å². The summed E-state index contributed by atoms with van der Waals surface area (Å²) in [6.07, 6.45) is -4.51. The summed E-state index contributed by atoms with van der Waals surface area (Å²) in [5.41, 5.74) is -0.867. The number of rotatable bonds is 5. The topological polar surface area (TPSA) is 180 Å². The van der Waals surface area contributed by atoms with E-state index in [0.717, 1.165) is 4.57 Å². The second kappa shape index (κ2) is 7.07. The molecule has 1 amide bonds. The number of hydrogen-bond acceptors (Lipinski definition) is 8. The van der Waals surface area contributed by atoms with Gasteiger partial charge in [-0.2, -0.15) is 4.98 Å². The minimum absolute atomic E-state index is 0.00170. The van der Waals surface area contributed by atoms with Gasteiger partial charge in [0, 0.05) is 13.1 Å². The highest BCUT2D eigenvalue weighted by Gasteiger charge is 2.45. The Morgan fingerprint density at radius 2 is 2.12 bits per heavy atom. The lowest BCUT2D eigenvalue weighted by Crippen LogP contribution is -2.36. The van der Waals surface area contributed by atoms with Crippen LogP contribution in [-0.2, 0) is 18.6 Å². The van der Waals surface area contributed by atoms with Crippen molar-refractivity contribution in [2.75, 3.05) is 11.9 Å². The molecular formula is C11H16N3O9P. The van der Waals surface area contributed by atoms with E-state index in [0.29, 0.717) is 0 Å². The number of hydrogen-bond donors (Lipinski definition) is 5. The Balaban J connectivity index is 2.16. The van der Waals surface area contributed by atoms with E-state index in [-0.39, 0.29) is 5.82 Å². The van der Waals surface area contributed by atoms with Gasteiger partial charge in [0.15, 0.2) is 6.23 Å². The lowest BCUT2D eigenvalue weighted by atomic mass is 10.1. The largest absolute Gasteiger partial charge is 0.469 e. The molecule has 134 valence electrons. The fourth-order valence-electron chi connectivity index (χ4n) is 2.12. The monoisotopic (exact) mass is 365 g/mol. The van der Waals surface area contributed by atoms with Crippen molar-refractivity contribution in [2.24, 2.45) is 0 Å². The average molecular weight is 365 g/mol. The van der Waals surface area contributed by atoms with Gasteiger partial charge in [-0.3, -0.25) is 13.9 Å². The maximum Gasteiger partial charge on any atom is 0.469 e. The van der Waals surface area contributed by atoms with E-state index in [2.05, 4.69) is 14.8 Å². The van der Waals surface area contributed by atoms with Crippen LogP contribution in [0.25, 0.3) is 0 Å². The quantitative estimate of drug-likeness (QED) is 0.364. The van der Waals surface area contributed by atoms with E-state index in [1.807, 2.05) is 0 Å². The number of carbonyl (C=O) groups excluding carboxylic acids is 1. The van der Waals surface area contributed by atoms with Crippen molar-refractivity contribution in [3.05, 3.63) is 22.7 Å². The Morgan fingerprint density at radius 1 is 1.46 bits per heavy atom. The van der Waals surface area contributed by atoms with Gasteiger partial charge in [0.05, 0.1) is 6.61 Å². The van der Waals surface area contributed by atoms with Gasteiger partial charge in [-0.05, 0) is 6.07 Å². The molecule has 1 aromatic rings.